The van der Waals surface area contributed by atoms with Gasteiger partial charge in [0.05, 0.1) is 23.4 Å². The topological polar surface area (TPSA) is 80.3 Å². The Morgan fingerprint density at radius 3 is 2.33 bits per heavy atom. The standard InChI is InChI=1S/C20H21N3O3S/c1-2-26-18-9-11-19(12-10-18)27(24,25)23-20-13-8-17(15-22-20)21-14-16-6-4-3-5-7-16/h3-13,15,21H,2,14H2,1H3,(H,22,23). The fourth-order valence-corrected chi connectivity index (χ4v) is 3.45. The van der Waals surface area contributed by atoms with E-state index in [2.05, 4.69) is 15.0 Å². The lowest BCUT2D eigenvalue weighted by atomic mass is 10.2. The summed E-state index contributed by atoms with van der Waals surface area (Å²) in [7, 11) is -3.70. The molecule has 0 saturated carbocycles. The van der Waals surface area contributed by atoms with E-state index in [1.807, 2.05) is 37.3 Å². The van der Waals surface area contributed by atoms with E-state index in [1.54, 1.807) is 30.5 Å². The van der Waals surface area contributed by atoms with Gasteiger partial charge in [0.25, 0.3) is 10.0 Å². The smallest absolute Gasteiger partial charge is 0.263 e. The molecule has 2 aromatic carbocycles. The van der Waals surface area contributed by atoms with Crippen LogP contribution < -0.4 is 14.8 Å². The molecule has 0 aliphatic carbocycles. The highest BCUT2D eigenvalue weighted by molar-refractivity contribution is 7.92. The van der Waals surface area contributed by atoms with Crippen molar-refractivity contribution < 1.29 is 13.2 Å². The van der Waals surface area contributed by atoms with Crippen LogP contribution in [0, 0.1) is 0 Å². The lowest BCUT2D eigenvalue weighted by molar-refractivity contribution is 0.340. The van der Waals surface area contributed by atoms with Crippen LogP contribution in [0.5, 0.6) is 5.75 Å². The Bertz CT molecular complexity index is 958. The normalized spacial score (nSPS) is 11.0. The van der Waals surface area contributed by atoms with Gasteiger partial charge in [-0.3, -0.25) is 4.72 Å². The summed E-state index contributed by atoms with van der Waals surface area (Å²) >= 11 is 0. The SMILES string of the molecule is CCOc1ccc(S(=O)(=O)Nc2ccc(NCc3ccccc3)cn2)cc1. The van der Waals surface area contributed by atoms with Crippen molar-refractivity contribution in [3.63, 3.8) is 0 Å². The van der Waals surface area contributed by atoms with Crippen LogP contribution in [0.3, 0.4) is 0 Å². The van der Waals surface area contributed by atoms with E-state index in [1.165, 1.54) is 12.1 Å². The Labute approximate surface area is 159 Å². The van der Waals surface area contributed by atoms with E-state index >= 15 is 0 Å². The summed E-state index contributed by atoms with van der Waals surface area (Å²) in [6.07, 6.45) is 1.60. The van der Waals surface area contributed by atoms with Crippen molar-refractivity contribution in [3.8, 4) is 5.75 Å². The molecule has 0 aliphatic heterocycles. The highest BCUT2D eigenvalue weighted by Gasteiger charge is 2.14. The number of nitrogens with one attached hydrogen (secondary N) is 2. The van der Waals surface area contributed by atoms with Crippen molar-refractivity contribution in [1.29, 1.82) is 0 Å². The molecule has 1 heterocycles. The second-order valence-electron chi connectivity index (χ2n) is 5.78. The van der Waals surface area contributed by atoms with Gasteiger partial charge in [0.15, 0.2) is 0 Å². The number of sulfonamides is 1. The Kier molecular flexibility index (Phi) is 5.93. The zero-order valence-electron chi connectivity index (χ0n) is 14.9. The average molecular weight is 383 g/mol. The van der Waals surface area contributed by atoms with Crippen LogP contribution in [0.1, 0.15) is 12.5 Å². The lowest BCUT2D eigenvalue weighted by Gasteiger charge is -2.10. The van der Waals surface area contributed by atoms with E-state index in [4.69, 9.17) is 4.74 Å². The first-order chi connectivity index (χ1) is 13.1. The molecular formula is C20H21N3O3S. The molecule has 3 rings (SSSR count). The molecule has 0 spiro atoms. The molecule has 0 radical (unpaired) electrons. The number of anilines is 2. The molecule has 0 saturated heterocycles. The summed E-state index contributed by atoms with van der Waals surface area (Å²) < 4.78 is 32.7. The molecule has 6 nitrogen and oxygen atoms in total. The summed E-state index contributed by atoms with van der Waals surface area (Å²) in [5.41, 5.74) is 1.96. The summed E-state index contributed by atoms with van der Waals surface area (Å²) in [5, 5.41) is 3.25. The highest BCUT2D eigenvalue weighted by atomic mass is 32.2. The quantitative estimate of drug-likeness (QED) is 0.617. The second kappa shape index (κ2) is 8.55. The molecule has 7 heteroatoms. The largest absolute Gasteiger partial charge is 0.494 e. The Balaban J connectivity index is 1.62. The lowest BCUT2D eigenvalue weighted by Crippen LogP contribution is -2.14. The van der Waals surface area contributed by atoms with Gasteiger partial charge in [-0.2, -0.15) is 0 Å². The van der Waals surface area contributed by atoms with Gasteiger partial charge in [-0.25, -0.2) is 13.4 Å². The van der Waals surface area contributed by atoms with Crippen LogP contribution in [-0.2, 0) is 16.6 Å². The number of benzene rings is 2. The van der Waals surface area contributed by atoms with E-state index in [9.17, 15) is 8.42 Å². The molecule has 140 valence electrons. The van der Waals surface area contributed by atoms with Crippen molar-refractivity contribution in [2.75, 3.05) is 16.6 Å². The molecule has 0 atom stereocenters. The summed E-state index contributed by atoms with van der Waals surface area (Å²) in [6, 6.07) is 19.7. The molecule has 0 aliphatic rings. The maximum Gasteiger partial charge on any atom is 0.263 e. The van der Waals surface area contributed by atoms with Gasteiger partial charge >= 0.3 is 0 Å². The van der Waals surface area contributed by atoms with Gasteiger partial charge in [0, 0.05) is 6.54 Å². The number of hydrogen-bond donors (Lipinski definition) is 2. The molecule has 2 N–H and O–H groups in total. The van der Waals surface area contributed by atoms with Crippen molar-refractivity contribution in [1.82, 2.24) is 4.98 Å². The minimum atomic E-state index is -3.70. The molecule has 0 unspecified atom stereocenters. The zero-order chi connectivity index (χ0) is 19.1. The van der Waals surface area contributed by atoms with Gasteiger partial charge < -0.3 is 10.1 Å². The first-order valence-electron chi connectivity index (χ1n) is 8.56. The summed E-state index contributed by atoms with van der Waals surface area (Å²) in [4.78, 5) is 4.32. The van der Waals surface area contributed by atoms with E-state index in [0.717, 1.165) is 11.3 Å². The predicted octanol–water partition coefficient (Wildman–Crippen LogP) is 3.89. The van der Waals surface area contributed by atoms with Crippen molar-refractivity contribution in [2.24, 2.45) is 0 Å². The zero-order valence-corrected chi connectivity index (χ0v) is 15.7. The van der Waals surface area contributed by atoms with Gasteiger partial charge in [-0.1, -0.05) is 30.3 Å². The summed E-state index contributed by atoms with van der Waals surface area (Å²) in [5.74, 6) is 0.887. The number of pyridine rings is 1. The minimum absolute atomic E-state index is 0.152. The molecule has 0 amide bonds. The fourth-order valence-electron chi connectivity index (χ4n) is 2.44. The number of hydrogen-bond acceptors (Lipinski definition) is 5. The van der Waals surface area contributed by atoms with Crippen LogP contribution in [-0.4, -0.2) is 20.0 Å². The predicted molar refractivity (Wildman–Crippen MR) is 106 cm³/mol. The number of aromatic nitrogens is 1. The first-order valence-corrected chi connectivity index (χ1v) is 10.0. The van der Waals surface area contributed by atoms with E-state index < -0.39 is 10.0 Å². The average Bonchev–Trinajstić information content (AvgIpc) is 2.69. The number of rotatable bonds is 8. The van der Waals surface area contributed by atoms with Crippen molar-refractivity contribution in [2.45, 2.75) is 18.4 Å². The van der Waals surface area contributed by atoms with Crippen LogP contribution in [0.25, 0.3) is 0 Å². The third-order valence-corrected chi connectivity index (χ3v) is 5.16. The Morgan fingerprint density at radius 1 is 0.963 bits per heavy atom. The van der Waals surface area contributed by atoms with Crippen LogP contribution in [0.2, 0.25) is 0 Å². The fraction of sp³-hybridized carbons (Fsp3) is 0.150. The molecule has 0 fully saturated rings. The Hall–Kier alpha value is -3.06. The Morgan fingerprint density at radius 2 is 1.70 bits per heavy atom. The molecule has 1 aromatic heterocycles. The minimum Gasteiger partial charge on any atom is -0.494 e. The second-order valence-corrected chi connectivity index (χ2v) is 7.46. The maximum absolute atomic E-state index is 12.5. The third kappa shape index (κ3) is 5.21. The first kappa shape index (κ1) is 18.7. The maximum atomic E-state index is 12.5. The summed E-state index contributed by atoms with van der Waals surface area (Å²) in [6.45, 7) is 3.06. The van der Waals surface area contributed by atoms with Crippen LogP contribution >= 0.6 is 0 Å². The van der Waals surface area contributed by atoms with Crippen molar-refractivity contribution >= 4 is 21.5 Å². The number of nitrogens with zero attached hydrogens (tertiary/aromatic N) is 1. The van der Waals surface area contributed by atoms with Gasteiger partial charge in [-0.15, -0.1) is 0 Å². The van der Waals surface area contributed by atoms with E-state index in [-0.39, 0.29) is 10.7 Å². The molecular weight excluding hydrogens is 362 g/mol. The van der Waals surface area contributed by atoms with Gasteiger partial charge in [0.2, 0.25) is 0 Å². The molecule has 0 bridgehead atoms. The van der Waals surface area contributed by atoms with Crippen molar-refractivity contribution in [3.05, 3.63) is 78.5 Å². The van der Waals surface area contributed by atoms with E-state index in [0.29, 0.717) is 18.9 Å². The molecule has 3 aromatic rings. The number of ether oxygens (including phenoxy) is 1. The third-order valence-electron chi connectivity index (χ3n) is 3.79. The van der Waals surface area contributed by atoms with Crippen LogP contribution in [0.4, 0.5) is 11.5 Å². The highest BCUT2D eigenvalue weighted by Crippen LogP contribution is 2.19. The van der Waals surface area contributed by atoms with Gasteiger partial charge in [-0.05, 0) is 48.9 Å². The van der Waals surface area contributed by atoms with Crippen LogP contribution in [0.15, 0.2) is 77.8 Å². The monoisotopic (exact) mass is 383 g/mol. The molecule has 27 heavy (non-hydrogen) atoms. The van der Waals surface area contributed by atoms with Gasteiger partial charge in [0.1, 0.15) is 11.6 Å².